The van der Waals surface area contributed by atoms with Gasteiger partial charge in [0.05, 0.1) is 0 Å². The van der Waals surface area contributed by atoms with E-state index in [0.717, 1.165) is 29.3 Å². The number of aryl methyl sites for hydroxylation is 1. The minimum absolute atomic E-state index is 0.221. The predicted molar refractivity (Wildman–Crippen MR) is 74.0 cm³/mol. The average Bonchev–Trinajstić information content (AvgIpc) is 2.78. The number of benzene rings is 1. The lowest BCUT2D eigenvalue weighted by molar-refractivity contribution is 0.373. The Labute approximate surface area is 115 Å². The first kappa shape index (κ1) is 13.2. The highest BCUT2D eigenvalue weighted by atomic mass is 79.9. The van der Waals surface area contributed by atoms with E-state index in [4.69, 9.17) is 10.3 Å². The smallest absolute Gasteiger partial charge is 0.226 e. The minimum Gasteiger partial charge on any atom is -0.339 e. The van der Waals surface area contributed by atoms with Gasteiger partial charge >= 0.3 is 0 Å². The van der Waals surface area contributed by atoms with E-state index >= 15 is 0 Å². The van der Waals surface area contributed by atoms with Gasteiger partial charge in [-0.15, -0.1) is 0 Å². The maximum atomic E-state index is 5.70. The number of hydrogen-bond acceptors (Lipinski definition) is 4. The van der Waals surface area contributed by atoms with Gasteiger partial charge in [-0.2, -0.15) is 4.98 Å². The fraction of sp³-hybridized carbons (Fsp3) is 0.385. The number of nitrogens with zero attached hydrogens (tertiary/aromatic N) is 2. The van der Waals surface area contributed by atoms with Gasteiger partial charge in [0.1, 0.15) is 0 Å². The Bertz CT molecular complexity index is 493. The molecule has 1 atom stereocenters. The van der Waals surface area contributed by atoms with Crippen LogP contribution in [-0.4, -0.2) is 16.2 Å². The second kappa shape index (κ2) is 6.11. The highest BCUT2D eigenvalue weighted by Crippen LogP contribution is 2.19. The van der Waals surface area contributed by atoms with Crippen LogP contribution in [-0.2, 0) is 6.42 Å². The molecule has 96 valence electrons. The summed E-state index contributed by atoms with van der Waals surface area (Å²) in [7, 11) is 0. The number of hydrogen-bond donors (Lipinski definition) is 1. The Balaban J connectivity index is 1.99. The molecule has 0 aliphatic carbocycles. The summed E-state index contributed by atoms with van der Waals surface area (Å²) in [5.74, 6) is 1.31. The van der Waals surface area contributed by atoms with Crippen molar-refractivity contribution >= 4 is 15.9 Å². The van der Waals surface area contributed by atoms with E-state index < -0.39 is 0 Å². The van der Waals surface area contributed by atoms with Gasteiger partial charge in [-0.3, -0.25) is 0 Å². The Hall–Kier alpha value is -1.20. The van der Waals surface area contributed by atoms with Gasteiger partial charge in [-0.05, 0) is 44.0 Å². The van der Waals surface area contributed by atoms with Crippen molar-refractivity contribution in [3.05, 3.63) is 34.6 Å². The summed E-state index contributed by atoms with van der Waals surface area (Å²) >= 11 is 3.39. The third-order valence-corrected chi connectivity index (χ3v) is 3.15. The summed E-state index contributed by atoms with van der Waals surface area (Å²) in [5.41, 5.74) is 6.65. The summed E-state index contributed by atoms with van der Waals surface area (Å²) in [6, 6.07) is 8.06. The molecule has 2 N–H and O–H groups in total. The van der Waals surface area contributed by atoms with Gasteiger partial charge in [0.2, 0.25) is 11.7 Å². The zero-order chi connectivity index (χ0) is 13.0. The lowest BCUT2D eigenvalue weighted by Gasteiger charge is -2.00. The monoisotopic (exact) mass is 309 g/mol. The van der Waals surface area contributed by atoms with Gasteiger partial charge in [-0.1, -0.05) is 21.1 Å². The molecule has 0 spiro atoms. The maximum Gasteiger partial charge on any atom is 0.226 e. The predicted octanol–water partition coefficient (Wildman–Crippen LogP) is 3.17. The van der Waals surface area contributed by atoms with Crippen LogP contribution in [0, 0.1) is 0 Å². The number of aromatic nitrogens is 2. The van der Waals surface area contributed by atoms with E-state index in [0.29, 0.717) is 11.7 Å². The number of halogens is 1. The zero-order valence-electron chi connectivity index (χ0n) is 10.3. The molecule has 1 aromatic heterocycles. The van der Waals surface area contributed by atoms with Crippen LogP contribution < -0.4 is 5.73 Å². The molecule has 2 aromatic rings. The van der Waals surface area contributed by atoms with Crippen molar-refractivity contribution < 1.29 is 4.52 Å². The van der Waals surface area contributed by atoms with Crippen LogP contribution in [0.25, 0.3) is 11.4 Å². The van der Waals surface area contributed by atoms with E-state index in [1.807, 2.05) is 31.2 Å². The highest BCUT2D eigenvalue weighted by Gasteiger charge is 2.08. The van der Waals surface area contributed by atoms with Gasteiger partial charge in [0, 0.05) is 22.5 Å². The lowest BCUT2D eigenvalue weighted by atomic mass is 10.1. The summed E-state index contributed by atoms with van der Waals surface area (Å²) in [6.45, 7) is 2.00. The topological polar surface area (TPSA) is 64.9 Å². The normalized spacial score (nSPS) is 12.6. The molecule has 0 fully saturated rings. The molecular weight excluding hydrogens is 294 g/mol. The Kier molecular flexibility index (Phi) is 4.49. The molecule has 1 heterocycles. The largest absolute Gasteiger partial charge is 0.339 e. The van der Waals surface area contributed by atoms with Crippen LogP contribution >= 0.6 is 15.9 Å². The minimum atomic E-state index is 0.221. The molecule has 0 saturated carbocycles. The summed E-state index contributed by atoms with van der Waals surface area (Å²) in [4.78, 5) is 4.37. The van der Waals surface area contributed by atoms with Crippen molar-refractivity contribution in [3.63, 3.8) is 0 Å². The van der Waals surface area contributed by atoms with Crippen molar-refractivity contribution in [3.8, 4) is 11.4 Å². The second-order valence-electron chi connectivity index (χ2n) is 4.39. The Morgan fingerprint density at radius 2 is 2.06 bits per heavy atom. The molecule has 1 aromatic carbocycles. The van der Waals surface area contributed by atoms with Crippen molar-refractivity contribution in [1.29, 1.82) is 0 Å². The first-order valence-corrected chi connectivity index (χ1v) is 6.78. The summed E-state index contributed by atoms with van der Waals surface area (Å²) in [5, 5.41) is 3.98. The molecule has 0 amide bonds. The van der Waals surface area contributed by atoms with Crippen LogP contribution in [0.2, 0.25) is 0 Å². The van der Waals surface area contributed by atoms with Crippen LogP contribution in [0.5, 0.6) is 0 Å². The van der Waals surface area contributed by atoms with Crippen LogP contribution in [0.15, 0.2) is 33.3 Å². The first-order chi connectivity index (χ1) is 8.65. The first-order valence-electron chi connectivity index (χ1n) is 5.99. The van der Waals surface area contributed by atoms with E-state index in [2.05, 4.69) is 26.1 Å². The molecular formula is C13H16BrN3O. The third kappa shape index (κ3) is 3.65. The Morgan fingerprint density at radius 1 is 1.33 bits per heavy atom. The molecule has 0 radical (unpaired) electrons. The van der Waals surface area contributed by atoms with Crippen molar-refractivity contribution in [2.75, 3.05) is 0 Å². The molecule has 0 saturated heterocycles. The van der Waals surface area contributed by atoms with E-state index in [1.54, 1.807) is 0 Å². The van der Waals surface area contributed by atoms with Crippen molar-refractivity contribution in [2.24, 2.45) is 5.73 Å². The number of rotatable bonds is 5. The van der Waals surface area contributed by atoms with Crippen molar-refractivity contribution in [1.82, 2.24) is 10.1 Å². The average molecular weight is 310 g/mol. The molecule has 0 aliphatic heterocycles. The molecule has 4 nitrogen and oxygen atoms in total. The van der Waals surface area contributed by atoms with E-state index in [1.165, 1.54) is 0 Å². The van der Waals surface area contributed by atoms with Gasteiger partial charge in [0.25, 0.3) is 0 Å². The second-order valence-corrected chi connectivity index (χ2v) is 5.30. The van der Waals surface area contributed by atoms with Gasteiger partial charge in [-0.25, -0.2) is 0 Å². The lowest BCUT2D eigenvalue weighted by Crippen LogP contribution is -2.14. The molecule has 18 heavy (non-hydrogen) atoms. The third-order valence-electron chi connectivity index (χ3n) is 2.62. The molecule has 0 aliphatic rings. The van der Waals surface area contributed by atoms with Gasteiger partial charge in [0.15, 0.2) is 0 Å². The van der Waals surface area contributed by atoms with Crippen LogP contribution in [0.3, 0.4) is 0 Å². The molecule has 2 rings (SSSR count). The summed E-state index contributed by atoms with van der Waals surface area (Å²) in [6.07, 6.45) is 2.72. The van der Waals surface area contributed by atoms with Crippen molar-refractivity contribution in [2.45, 2.75) is 32.2 Å². The standard InChI is InChI=1S/C13H16BrN3O/c1-9(15)3-2-4-12-16-13(17-18-12)10-5-7-11(14)8-6-10/h5-9H,2-4,15H2,1H3. The molecule has 5 heteroatoms. The van der Waals surface area contributed by atoms with Crippen LogP contribution in [0.1, 0.15) is 25.7 Å². The zero-order valence-corrected chi connectivity index (χ0v) is 11.9. The quantitative estimate of drug-likeness (QED) is 0.921. The Morgan fingerprint density at radius 3 is 2.72 bits per heavy atom. The maximum absolute atomic E-state index is 5.70. The van der Waals surface area contributed by atoms with Gasteiger partial charge < -0.3 is 10.3 Å². The van der Waals surface area contributed by atoms with E-state index in [-0.39, 0.29) is 6.04 Å². The molecule has 0 bridgehead atoms. The summed E-state index contributed by atoms with van der Waals surface area (Å²) < 4.78 is 6.25. The fourth-order valence-electron chi connectivity index (χ4n) is 1.65. The molecule has 1 unspecified atom stereocenters. The highest BCUT2D eigenvalue weighted by molar-refractivity contribution is 9.10. The fourth-order valence-corrected chi connectivity index (χ4v) is 1.91. The van der Waals surface area contributed by atoms with E-state index in [9.17, 15) is 0 Å². The van der Waals surface area contributed by atoms with Crippen LogP contribution in [0.4, 0.5) is 0 Å². The SMILES string of the molecule is CC(N)CCCc1nc(-c2ccc(Br)cc2)no1. The number of nitrogens with two attached hydrogens (primary N) is 1.